The second-order valence-electron chi connectivity index (χ2n) is 9.03. The van der Waals surface area contributed by atoms with Crippen molar-refractivity contribution in [3.05, 3.63) is 33.9 Å². The Kier molecular flexibility index (Phi) is 6.09. The third kappa shape index (κ3) is 5.14. The number of H-pyrrole nitrogens is 1. The number of amides is 2. The van der Waals surface area contributed by atoms with Gasteiger partial charge in [-0.3, -0.25) is 19.4 Å². The van der Waals surface area contributed by atoms with E-state index in [0.717, 1.165) is 19.3 Å². The highest BCUT2D eigenvalue weighted by atomic mass is 16.2. The van der Waals surface area contributed by atoms with Gasteiger partial charge in [0.15, 0.2) is 0 Å². The molecule has 0 aromatic carbocycles. The average molecular weight is 415 g/mol. The second-order valence-corrected chi connectivity index (χ2v) is 9.03. The Hall–Kier alpha value is -2.97. The number of aryl methyl sites for hydroxylation is 2. The summed E-state index contributed by atoms with van der Waals surface area (Å²) < 4.78 is 1.33. The summed E-state index contributed by atoms with van der Waals surface area (Å²) in [5.41, 5.74) is 1.03. The Balaban J connectivity index is 1.75. The zero-order chi connectivity index (χ0) is 22.1. The van der Waals surface area contributed by atoms with E-state index in [0.29, 0.717) is 23.7 Å². The summed E-state index contributed by atoms with van der Waals surface area (Å²) in [5, 5.41) is 9.75. The maximum Gasteiger partial charge on any atom is 0.314 e. The maximum atomic E-state index is 12.6. The molecule has 2 atom stereocenters. The summed E-state index contributed by atoms with van der Waals surface area (Å²) in [7, 11) is 0. The van der Waals surface area contributed by atoms with Gasteiger partial charge in [0.25, 0.3) is 5.56 Å². The van der Waals surface area contributed by atoms with E-state index in [4.69, 9.17) is 0 Å². The van der Waals surface area contributed by atoms with Gasteiger partial charge in [-0.15, -0.1) is 0 Å². The van der Waals surface area contributed by atoms with Crippen LogP contribution in [0.2, 0.25) is 0 Å². The van der Waals surface area contributed by atoms with Crippen LogP contribution in [0.15, 0.2) is 16.9 Å². The molecule has 1 saturated carbocycles. The van der Waals surface area contributed by atoms with Crippen LogP contribution in [-0.2, 0) is 16.0 Å². The monoisotopic (exact) mass is 414 g/mol. The lowest BCUT2D eigenvalue weighted by Gasteiger charge is -2.39. The summed E-state index contributed by atoms with van der Waals surface area (Å²) in [6, 6.07) is 3.00. The number of nitrogens with one attached hydrogen (secondary N) is 3. The minimum absolute atomic E-state index is 0.0343. The molecule has 1 aliphatic rings. The zero-order valence-electron chi connectivity index (χ0n) is 18.2. The van der Waals surface area contributed by atoms with E-state index >= 15 is 0 Å². The molecule has 3 rings (SSSR count). The van der Waals surface area contributed by atoms with Gasteiger partial charge >= 0.3 is 11.8 Å². The minimum atomic E-state index is -0.777. The topological polar surface area (TPSA) is 122 Å². The highest BCUT2D eigenvalue weighted by Gasteiger charge is 2.33. The first-order valence-electron chi connectivity index (χ1n) is 10.4. The number of anilines is 1. The Morgan fingerprint density at radius 2 is 2.00 bits per heavy atom. The molecular formula is C21H30N6O3. The van der Waals surface area contributed by atoms with Crippen molar-refractivity contribution in [2.75, 3.05) is 5.32 Å². The number of aromatic amines is 1. The molecule has 9 heteroatoms. The third-order valence-electron chi connectivity index (χ3n) is 5.35. The number of hydrogen-bond acceptors (Lipinski definition) is 5. The number of nitrogens with zero attached hydrogens (tertiary/aromatic N) is 3. The molecule has 2 amide bonds. The van der Waals surface area contributed by atoms with Crippen LogP contribution < -0.4 is 16.2 Å². The Morgan fingerprint density at radius 1 is 1.27 bits per heavy atom. The first-order valence-corrected chi connectivity index (χ1v) is 10.4. The van der Waals surface area contributed by atoms with Crippen LogP contribution in [0.1, 0.15) is 58.3 Å². The maximum absolute atomic E-state index is 12.6. The van der Waals surface area contributed by atoms with Crippen LogP contribution in [0.4, 0.5) is 5.82 Å². The highest BCUT2D eigenvalue weighted by Crippen LogP contribution is 2.38. The second kappa shape index (κ2) is 8.41. The SMILES string of the molecule is CCc1cc(=O)[nH]c(-n2nc(C)cc2NC(=O)C(=O)N[C@H]2C[C@@H](C)CC(C)(C)C2)n1. The molecule has 0 aliphatic heterocycles. The largest absolute Gasteiger partial charge is 0.345 e. The molecule has 2 heterocycles. The van der Waals surface area contributed by atoms with Gasteiger partial charge in [-0.2, -0.15) is 9.78 Å². The normalized spacial score (nSPS) is 20.6. The summed E-state index contributed by atoms with van der Waals surface area (Å²) in [5.74, 6) is -0.521. The molecule has 0 saturated heterocycles. The molecule has 2 aromatic heterocycles. The van der Waals surface area contributed by atoms with Crippen molar-refractivity contribution in [1.82, 2.24) is 25.1 Å². The van der Waals surface area contributed by atoms with E-state index in [1.54, 1.807) is 13.0 Å². The summed E-state index contributed by atoms with van der Waals surface area (Å²) in [6.07, 6.45) is 3.38. The van der Waals surface area contributed by atoms with E-state index in [9.17, 15) is 14.4 Å². The van der Waals surface area contributed by atoms with Crippen molar-refractivity contribution < 1.29 is 9.59 Å². The fourth-order valence-corrected chi connectivity index (χ4v) is 4.41. The van der Waals surface area contributed by atoms with Gasteiger partial charge in [0.05, 0.1) is 5.69 Å². The Morgan fingerprint density at radius 3 is 2.67 bits per heavy atom. The molecule has 2 aromatic rings. The standard InChI is InChI=1S/C21H30N6O3/c1-6-14-9-17(28)25-20(23-14)27-16(8-13(3)26-27)24-19(30)18(29)22-15-7-12(2)10-21(4,5)11-15/h8-9,12,15H,6-7,10-11H2,1-5H3,(H,22,29)(H,24,30)(H,23,25,28)/t12-,15+/m1/s1. The van der Waals surface area contributed by atoms with E-state index in [1.165, 1.54) is 10.7 Å². The van der Waals surface area contributed by atoms with Gasteiger partial charge in [0, 0.05) is 23.9 Å². The lowest BCUT2D eigenvalue weighted by Crippen LogP contribution is -2.46. The fraction of sp³-hybridized carbons (Fsp3) is 0.571. The predicted octanol–water partition coefficient (Wildman–Crippen LogP) is 2.10. The Labute approximate surface area is 175 Å². The molecule has 0 unspecified atom stereocenters. The zero-order valence-corrected chi connectivity index (χ0v) is 18.2. The van der Waals surface area contributed by atoms with Crippen molar-refractivity contribution in [2.45, 2.75) is 66.3 Å². The summed E-state index contributed by atoms with van der Waals surface area (Å²) in [4.78, 5) is 44.0. The molecule has 0 spiro atoms. The van der Waals surface area contributed by atoms with Gasteiger partial charge in [-0.25, -0.2) is 4.98 Å². The molecule has 162 valence electrons. The minimum Gasteiger partial charge on any atom is -0.345 e. The average Bonchev–Trinajstić information content (AvgIpc) is 2.99. The molecule has 3 N–H and O–H groups in total. The number of carbonyl (C=O) groups is 2. The van der Waals surface area contributed by atoms with Crippen LogP contribution in [0.25, 0.3) is 5.95 Å². The predicted molar refractivity (Wildman–Crippen MR) is 113 cm³/mol. The Bertz CT molecular complexity index is 1010. The van der Waals surface area contributed by atoms with Gasteiger partial charge < -0.3 is 10.6 Å². The molecular weight excluding hydrogens is 384 g/mol. The van der Waals surface area contributed by atoms with E-state index in [-0.39, 0.29) is 28.8 Å². The number of hydrogen-bond donors (Lipinski definition) is 3. The number of carbonyl (C=O) groups excluding carboxylic acids is 2. The number of rotatable bonds is 4. The molecule has 30 heavy (non-hydrogen) atoms. The van der Waals surface area contributed by atoms with Gasteiger partial charge in [-0.1, -0.05) is 27.7 Å². The van der Waals surface area contributed by atoms with Crippen molar-refractivity contribution in [2.24, 2.45) is 11.3 Å². The highest BCUT2D eigenvalue weighted by molar-refractivity contribution is 6.39. The van der Waals surface area contributed by atoms with Gasteiger partial charge in [-0.05, 0) is 43.9 Å². The van der Waals surface area contributed by atoms with Crippen LogP contribution >= 0.6 is 0 Å². The van der Waals surface area contributed by atoms with Crippen LogP contribution in [0.3, 0.4) is 0 Å². The fourth-order valence-electron chi connectivity index (χ4n) is 4.41. The summed E-state index contributed by atoms with van der Waals surface area (Å²) >= 11 is 0. The summed E-state index contributed by atoms with van der Waals surface area (Å²) in [6.45, 7) is 10.2. The molecule has 0 radical (unpaired) electrons. The van der Waals surface area contributed by atoms with Crippen LogP contribution in [0.5, 0.6) is 0 Å². The van der Waals surface area contributed by atoms with Crippen LogP contribution in [-0.4, -0.2) is 37.6 Å². The lowest BCUT2D eigenvalue weighted by molar-refractivity contribution is -0.137. The smallest absolute Gasteiger partial charge is 0.314 e. The lowest BCUT2D eigenvalue weighted by atomic mass is 9.70. The van der Waals surface area contributed by atoms with Crippen molar-refractivity contribution in [3.63, 3.8) is 0 Å². The van der Waals surface area contributed by atoms with Crippen molar-refractivity contribution in [1.29, 1.82) is 0 Å². The first kappa shape index (κ1) is 21.7. The van der Waals surface area contributed by atoms with E-state index in [1.807, 2.05) is 6.92 Å². The first-order chi connectivity index (χ1) is 14.1. The number of aromatic nitrogens is 4. The molecule has 1 aliphatic carbocycles. The molecule has 9 nitrogen and oxygen atoms in total. The van der Waals surface area contributed by atoms with Crippen LogP contribution in [0, 0.1) is 18.3 Å². The third-order valence-corrected chi connectivity index (χ3v) is 5.35. The van der Waals surface area contributed by atoms with Crippen molar-refractivity contribution >= 4 is 17.6 Å². The quantitative estimate of drug-likeness (QED) is 0.662. The van der Waals surface area contributed by atoms with Crippen molar-refractivity contribution in [3.8, 4) is 5.95 Å². The van der Waals surface area contributed by atoms with Gasteiger partial charge in [0.2, 0.25) is 5.95 Å². The van der Waals surface area contributed by atoms with E-state index < -0.39 is 11.8 Å². The molecule has 0 bridgehead atoms. The van der Waals surface area contributed by atoms with E-state index in [2.05, 4.69) is 46.5 Å². The molecule has 1 fully saturated rings. The van der Waals surface area contributed by atoms with Gasteiger partial charge in [0.1, 0.15) is 5.82 Å².